The fraction of sp³-hybridized carbons (Fsp3) is 0.800. The molecule has 2 unspecified atom stereocenters. The summed E-state index contributed by atoms with van der Waals surface area (Å²) in [5.41, 5.74) is 1.39. The zero-order valence-corrected chi connectivity index (χ0v) is 13.8. The molecule has 0 aromatic carbocycles. The number of urea groups is 1. The van der Waals surface area contributed by atoms with Gasteiger partial charge in [0.25, 0.3) is 0 Å². The average Bonchev–Trinajstić information content (AvgIpc) is 3.19. The maximum Gasteiger partial charge on any atom is 0.317 e. The van der Waals surface area contributed by atoms with E-state index in [1.807, 2.05) is 11.8 Å². The molecular formula is C15H25N5O3. The number of aromatic nitrogens is 2. The molecule has 8 heteroatoms. The Hall–Kier alpha value is -1.67. The van der Waals surface area contributed by atoms with Crippen LogP contribution in [0.1, 0.15) is 24.7 Å². The molecule has 3 heterocycles. The number of carbonyl (C=O) groups excluding carboxylic acids is 1. The number of ether oxygens (including phenoxy) is 1. The molecule has 1 aromatic heterocycles. The fourth-order valence-electron chi connectivity index (χ4n) is 3.42. The second-order valence-corrected chi connectivity index (χ2v) is 6.24. The minimum atomic E-state index is -0.0402. The van der Waals surface area contributed by atoms with Crippen LogP contribution in [0.5, 0.6) is 0 Å². The van der Waals surface area contributed by atoms with Gasteiger partial charge in [0, 0.05) is 32.2 Å². The number of aryl methyl sites for hydroxylation is 1. The number of hydrogen-bond donors (Lipinski definition) is 1. The van der Waals surface area contributed by atoms with E-state index >= 15 is 0 Å². The molecule has 2 atom stereocenters. The highest BCUT2D eigenvalue weighted by atomic mass is 16.6. The standard InChI is InChI=1S/C15H25N5O3/c1-3-12-9-20(10-14(12)19-4-6-22-7-5-19)15(21)16-8-13-11(2)17-23-18-13/h12,14H,3-10H2,1-2H3,(H,16,21). The van der Waals surface area contributed by atoms with Gasteiger partial charge in [-0.2, -0.15) is 0 Å². The van der Waals surface area contributed by atoms with Crippen LogP contribution in [0.3, 0.4) is 0 Å². The van der Waals surface area contributed by atoms with Crippen molar-refractivity contribution in [3.8, 4) is 0 Å². The summed E-state index contributed by atoms with van der Waals surface area (Å²) in [5.74, 6) is 0.523. The van der Waals surface area contributed by atoms with Crippen LogP contribution in [-0.2, 0) is 11.3 Å². The molecule has 2 aliphatic rings. The SMILES string of the molecule is CCC1CN(C(=O)NCc2nonc2C)CC1N1CCOCC1. The fourth-order valence-corrected chi connectivity index (χ4v) is 3.42. The summed E-state index contributed by atoms with van der Waals surface area (Å²) in [5, 5.41) is 10.4. The van der Waals surface area contributed by atoms with Gasteiger partial charge in [-0.3, -0.25) is 4.90 Å². The van der Waals surface area contributed by atoms with E-state index in [9.17, 15) is 4.79 Å². The number of nitrogens with one attached hydrogen (secondary N) is 1. The Balaban J connectivity index is 1.55. The first-order chi connectivity index (χ1) is 11.2. The molecule has 128 valence electrons. The first kappa shape index (κ1) is 16.2. The Morgan fingerprint density at radius 2 is 2.09 bits per heavy atom. The van der Waals surface area contributed by atoms with E-state index in [-0.39, 0.29) is 6.03 Å². The molecule has 0 spiro atoms. The van der Waals surface area contributed by atoms with Crippen molar-refractivity contribution in [1.82, 2.24) is 25.4 Å². The van der Waals surface area contributed by atoms with Gasteiger partial charge < -0.3 is 15.0 Å². The Morgan fingerprint density at radius 1 is 1.30 bits per heavy atom. The highest BCUT2D eigenvalue weighted by molar-refractivity contribution is 5.74. The van der Waals surface area contributed by atoms with Crippen molar-refractivity contribution in [2.24, 2.45) is 5.92 Å². The number of amides is 2. The molecule has 23 heavy (non-hydrogen) atoms. The molecular weight excluding hydrogens is 298 g/mol. The lowest BCUT2D eigenvalue weighted by atomic mass is 9.99. The number of morpholine rings is 1. The van der Waals surface area contributed by atoms with Gasteiger partial charge in [-0.25, -0.2) is 9.42 Å². The van der Waals surface area contributed by atoms with Crippen LogP contribution in [0.2, 0.25) is 0 Å². The molecule has 2 aliphatic heterocycles. The summed E-state index contributed by atoms with van der Waals surface area (Å²) in [7, 11) is 0. The lowest BCUT2D eigenvalue weighted by Gasteiger charge is -2.34. The molecule has 2 saturated heterocycles. The summed E-state index contributed by atoms with van der Waals surface area (Å²) in [6.45, 7) is 9.44. The van der Waals surface area contributed by atoms with Crippen LogP contribution in [0.15, 0.2) is 4.63 Å². The van der Waals surface area contributed by atoms with Crippen molar-refractivity contribution >= 4 is 6.03 Å². The number of likely N-dealkylation sites (tertiary alicyclic amines) is 1. The number of nitrogens with zero attached hydrogens (tertiary/aromatic N) is 4. The van der Waals surface area contributed by atoms with Gasteiger partial charge in [0.15, 0.2) is 0 Å². The molecule has 3 rings (SSSR count). The second kappa shape index (κ2) is 7.27. The predicted octanol–water partition coefficient (Wildman–Crippen LogP) is 0.630. The number of hydrogen-bond acceptors (Lipinski definition) is 6. The molecule has 8 nitrogen and oxygen atoms in total. The highest BCUT2D eigenvalue weighted by Gasteiger charge is 2.38. The molecule has 0 radical (unpaired) electrons. The van der Waals surface area contributed by atoms with Crippen LogP contribution in [0, 0.1) is 12.8 Å². The number of carbonyl (C=O) groups is 1. The van der Waals surface area contributed by atoms with Gasteiger partial charge in [-0.1, -0.05) is 23.7 Å². The van der Waals surface area contributed by atoms with Crippen molar-refractivity contribution in [2.75, 3.05) is 39.4 Å². The van der Waals surface area contributed by atoms with E-state index in [1.165, 1.54) is 0 Å². The van der Waals surface area contributed by atoms with E-state index in [1.54, 1.807) is 0 Å². The quantitative estimate of drug-likeness (QED) is 0.875. The van der Waals surface area contributed by atoms with Crippen molar-refractivity contribution in [1.29, 1.82) is 0 Å². The summed E-state index contributed by atoms with van der Waals surface area (Å²) in [6, 6.07) is 0.395. The van der Waals surface area contributed by atoms with Crippen molar-refractivity contribution in [3.63, 3.8) is 0 Å². The Bertz CT molecular complexity index is 529. The van der Waals surface area contributed by atoms with Gasteiger partial charge in [0.1, 0.15) is 11.4 Å². The normalized spacial score (nSPS) is 25.7. The van der Waals surface area contributed by atoms with Gasteiger partial charge in [0.2, 0.25) is 0 Å². The van der Waals surface area contributed by atoms with Crippen LogP contribution in [0.4, 0.5) is 4.79 Å². The lowest BCUT2D eigenvalue weighted by Crippen LogP contribution is -2.47. The maximum absolute atomic E-state index is 12.4. The van der Waals surface area contributed by atoms with Crippen molar-refractivity contribution < 1.29 is 14.2 Å². The monoisotopic (exact) mass is 323 g/mol. The van der Waals surface area contributed by atoms with E-state index in [4.69, 9.17) is 4.74 Å². The largest absolute Gasteiger partial charge is 0.379 e. The third-order valence-corrected chi connectivity index (χ3v) is 4.89. The Morgan fingerprint density at radius 3 is 2.74 bits per heavy atom. The maximum atomic E-state index is 12.4. The number of rotatable bonds is 4. The smallest absolute Gasteiger partial charge is 0.317 e. The third kappa shape index (κ3) is 3.64. The van der Waals surface area contributed by atoms with E-state index in [0.717, 1.165) is 45.8 Å². The molecule has 1 aromatic rings. The highest BCUT2D eigenvalue weighted by Crippen LogP contribution is 2.25. The van der Waals surface area contributed by atoms with Crippen LogP contribution in [0.25, 0.3) is 0 Å². The summed E-state index contributed by atoms with van der Waals surface area (Å²) < 4.78 is 10.1. The second-order valence-electron chi connectivity index (χ2n) is 6.24. The minimum absolute atomic E-state index is 0.0402. The molecule has 0 saturated carbocycles. The van der Waals surface area contributed by atoms with E-state index in [0.29, 0.717) is 29.9 Å². The molecule has 0 bridgehead atoms. The first-order valence-electron chi connectivity index (χ1n) is 8.31. The van der Waals surface area contributed by atoms with Crippen molar-refractivity contribution in [2.45, 2.75) is 32.9 Å². The molecule has 1 N–H and O–H groups in total. The van der Waals surface area contributed by atoms with Crippen LogP contribution in [-0.4, -0.2) is 71.6 Å². The lowest BCUT2D eigenvalue weighted by molar-refractivity contribution is 0.0106. The van der Waals surface area contributed by atoms with Crippen molar-refractivity contribution in [3.05, 3.63) is 11.4 Å². The summed E-state index contributed by atoms with van der Waals surface area (Å²) >= 11 is 0. The van der Waals surface area contributed by atoms with Gasteiger partial charge in [0.05, 0.1) is 19.8 Å². The van der Waals surface area contributed by atoms with Crippen LogP contribution < -0.4 is 5.32 Å². The van der Waals surface area contributed by atoms with E-state index in [2.05, 4.69) is 32.1 Å². The molecule has 2 amide bonds. The Kier molecular flexibility index (Phi) is 5.12. The average molecular weight is 323 g/mol. The summed E-state index contributed by atoms with van der Waals surface area (Å²) in [6.07, 6.45) is 1.08. The zero-order chi connectivity index (χ0) is 16.2. The van der Waals surface area contributed by atoms with E-state index < -0.39 is 0 Å². The van der Waals surface area contributed by atoms with Crippen LogP contribution >= 0.6 is 0 Å². The van der Waals surface area contributed by atoms with Gasteiger partial charge in [-0.05, 0) is 12.8 Å². The Labute approximate surface area is 136 Å². The van der Waals surface area contributed by atoms with Gasteiger partial charge in [-0.15, -0.1) is 0 Å². The molecule has 0 aliphatic carbocycles. The third-order valence-electron chi connectivity index (χ3n) is 4.89. The topological polar surface area (TPSA) is 83.7 Å². The minimum Gasteiger partial charge on any atom is -0.379 e. The summed E-state index contributed by atoms with van der Waals surface area (Å²) in [4.78, 5) is 16.8. The molecule has 2 fully saturated rings. The van der Waals surface area contributed by atoms with Gasteiger partial charge >= 0.3 is 6.03 Å². The first-order valence-corrected chi connectivity index (χ1v) is 8.31. The predicted molar refractivity (Wildman–Crippen MR) is 82.8 cm³/mol. The zero-order valence-electron chi connectivity index (χ0n) is 13.8.